The Morgan fingerprint density at radius 3 is 2.84 bits per heavy atom. The molecule has 5 heteroatoms. The Morgan fingerprint density at radius 1 is 1.37 bits per heavy atom. The predicted octanol–water partition coefficient (Wildman–Crippen LogP) is 3.04. The Balaban J connectivity index is 2.02. The molecule has 0 amide bonds. The average Bonchev–Trinajstić information content (AvgIpc) is 2.41. The molecule has 104 valence electrons. The molecule has 2 atom stereocenters. The van der Waals surface area contributed by atoms with Crippen molar-refractivity contribution in [2.75, 3.05) is 12.8 Å². The lowest BCUT2D eigenvalue weighted by Crippen LogP contribution is -2.29. The highest BCUT2D eigenvalue weighted by Gasteiger charge is 2.25. The molecule has 2 unspecified atom stereocenters. The third-order valence-electron chi connectivity index (χ3n) is 3.40. The van der Waals surface area contributed by atoms with Crippen LogP contribution in [0.5, 0.6) is 0 Å². The van der Waals surface area contributed by atoms with Crippen LogP contribution in [0.2, 0.25) is 5.02 Å². The van der Waals surface area contributed by atoms with Crippen LogP contribution < -0.4 is 5.73 Å². The third kappa shape index (κ3) is 3.61. The van der Waals surface area contributed by atoms with Gasteiger partial charge in [0.15, 0.2) is 0 Å². The second-order valence-electron chi connectivity index (χ2n) is 4.79. The molecule has 0 aliphatic heterocycles. The Hall–Kier alpha value is -1.26. The number of anilines is 1. The summed E-state index contributed by atoms with van der Waals surface area (Å²) in [5.41, 5.74) is 6.47. The summed E-state index contributed by atoms with van der Waals surface area (Å²) in [6.07, 6.45) is 3.69. The van der Waals surface area contributed by atoms with E-state index in [-0.39, 0.29) is 12.2 Å². The number of carbonyl (C=O) groups is 1. The van der Waals surface area contributed by atoms with Gasteiger partial charge in [0.05, 0.1) is 16.7 Å². The van der Waals surface area contributed by atoms with E-state index in [2.05, 4.69) is 0 Å². The SMILES string of the molecule is COC1CCCC(OC(=O)c2cc(N)ccc2Cl)C1. The van der Waals surface area contributed by atoms with E-state index in [0.717, 1.165) is 25.7 Å². The van der Waals surface area contributed by atoms with Crippen LogP contribution in [-0.2, 0) is 9.47 Å². The van der Waals surface area contributed by atoms with Crippen molar-refractivity contribution in [2.45, 2.75) is 37.9 Å². The molecule has 1 saturated carbocycles. The highest BCUT2D eigenvalue weighted by Crippen LogP contribution is 2.26. The molecule has 19 heavy (non-hydrogen) atoms. The van der Waals surface area contributed by atoms with Crippen molar-refractivity contribution >= 4 is 23.3 Å². The number of nitrogen functional groups attached to an aromatic ring is 1. The van der Waals surface area contributed by atoms with Gasteiger partial charge in [0, 0.05) is 19.2 Å². The van der Waals surface area contributed by atoms with Crippen LogP contribution in [-0.4, -0.2) is 25.3 Å². The van der Waals surface area contributed by atoms with Crippen LogP contribution in [0.25, 0.3) is 0 Å². The molecule has 2 N–H and O–H groups in total. The van der Waals surface area contributed by atoms with Crippen molar-refractivity contribution in [3.05, 3.63) is 28.8 Å². The first-order chi connectivity index (χ1) is 9.10. The van der Waals surface area contributed by atoms with Gasteiger partial charge in [0.1, 0.15) is 6.10 Å². The maximum absolute atomic E-state index is 12.1. The van der Waals surface area contributed by atoms with Gasteiger partial charge in [0.2, 0.25) is 0 Å². The van der Waals surface area contributed by atoms with Gasteiger partial charge in [-0.05, 0) is 37.5 Å². The molecule has 0 heterocycles. The van der Waals surface area contributed by atoms with E-state index in [1.807, 2.05) is 0 Å². The topological polar surface area (TPSA) is 61.5 Å². The highest BCUT2D eigenvalue weighted by molar-refractivity contribution is 6.33. The van der Waals surface area contributed by atoms with Gasteiger partial charge in [0.25, 0.3) is 0 Å². The minimum Gasteiger partial charge on any atom is -0.459 e. The normalized spacial score (nSPS) is 23.1. The van der Waals surface area contributed by atoms with Gasteiger partial charge >= 0.3 is 5.97 Å². The largest absolute Gasteiger partial charge is 0.459 e. The van der Waals surface area contributed by atoms with Crippen molar-refractivity contribution < 1.29 is 14.3 Å². The summed E-state index contributed by atoms with van der Waals surface area (Å²) >= 11 is 5.98. The maximum Gasteiger partial charge on any atom is 0.340 e. The molecule has 2 rings (SSSR count). The first-order valence-electron chi connectivity index (χ1n) is 6.39. The number of benzene rings is 1. The summed E-state index contributed by atoms with van der Waals surface area (Å²) in [7, 11) is 1.68. The molecule has 1 aromatic carbocycles. The second kappa shape index (κ2) is 6.26. The smallest absolute Gasteiger partial charge is 0.340 e. The first-order valence-corrected chi connectivity index (χ1v) is 6.76. The minimum absolute atomic E-state index is 0.108. The van der Waals surface area contributed by atoms with Crippen molar-refractivity contribution in [2.24, 2.45) is 0 Å². The van der Waals surface area contributed by atoms with Crippen molar-refractivity contribution in [3.63, 3.8) is 0 Å². The van der Waals surface area contributed by atoms with Crippen molar-refractivity contribution in [1.82, 2.24) is 0 Å². The summed E-state index contributed by atoms with van der Waals surface area (Å²) < 4.78 is 10.8. The van der Waals surface area contributed by atoms with Gasteiger partial charge in [-0.2, -0.15) is 0 Å². The predicted molar refractivity (Wildman–Crippen MR) is 74.3 cm³/mol. The molecule has 1 aliphatic carbocycles. The minimum atomic E-state index is -0.418. The standard InChI is InChI=1S/C14H18ClNO3/c1-18-10-3-2-4-11(8-10)19-14(17)12-7-9(16)5-6-13(12)15/h5-7,10-11H,2-4,8,16H2,1H3. The molecule has 0 aromatic heterocycles. The number of halogens is 1. The summed E-state index contributed by atoms with van der Waals surface area (Å²) in [5.74, 6) is -0.418. The molecule has 0 spiro atoms. The highest BCUT2D eigenvalue weighted by atomic mass is 35.5. The molecule has 1 fully saturated rings. The average molecular weight is 284 g/mol. The van der Waals surface area contributed by atoms with Gasteiger partial charge in [-0.25, -0.2) is 4.79 Å². The zero-order valence-corrected chi connectivity index (χ0v) is 11.7. The molecule has 0 saturated heterocycles. The Kier molecular flexibility index (Phi) is 4.66. The van der Waals surface area contributed by atoms with Crippen LogP contribution in [0.4, 0.5) is 5.69 Å². The fourth-order valence-corrected chi connectivity index (χ4v) is 2.53. The molecule has 4 nitrogen and oxygen atoms in total. The third-order valence-corrected chi connectivity index (χ3v) is 3.72. The fourth-order valence-electron chi connectivity index (χ4n) is 2.34. The van der Waals surface area contributed by atoms with E-state index in [9.17, 15) is 4.79 Å². The Morgan fingerprint density at radius 2 is 2.11 bits per heavy atom. The lowest BCUT2D eigenvalue weighted by atomic mass is 9.95. The monoisotopic (exact) mass is 283 g/mol. The van der Waals surface area contributed by atoms with Crippen LogP contribution in [0.15, 0.2) is 18.2 Å². The summed E-state index contributed by atoms with van der Waals surface area (Å²) in [4.78, 5) is 12.1. The van der Waals surface area contributed by atoms with Crippen LogP contribution in [0.1, 0.15) is 36.0 Å². The van der Waals surface area contributed by atoms with E-state index < -0.39 is 5.97 Å². The van der Waals surface area contributed by atoms with Gasteiger partial charge < -0.3 is 15.2 Å². The fraction of sp³-hybridized carbons (Fsp3) is 0.500. The molecular weight excluding hydrogens is 266 g/mol. The number of nitrogens with two attached hydrogens (primary N) is 1. The lowest BCUT2D eigenvalue weighted by molar-refractivity contribution is -0.0149. The quantitative estimate of drug-likeness (QED) is 0.684. The van der Waals surface area contributed by atoms with E-state index in [1.54, 1.807) is 25.3 Å². The summed E-state index contributed by atoms with van der Waals surface area (Å²) in [5, 5.41) is 0.360. The van der Waals surface area contributed by atoms with Crippen molar-refractivity contribution in [3.8, 4) is 0 Å². The molecule has 0 bridgehead atoms. The van der Waals surface area contributed by atoms with Gasteiger partial charge in [-0.15, -0.1) is 0 Å². The first kappa shape index (κ1) is 14.2. The van der Waals surface area contributed by atoms with Crippen LogP contribution >= 0.6 is 11.6 Å². The van der Waals surface area contributed by atoms with E-state index in [0.29, 0.717) is 16.3 Å². The number of rotatable bonds is 3. The lowest BCUT2D eigenvalue weighted by Gasteiger charge is -2.28. The molecule has 1 aromatic rings. The summed E-state index contributed by atoms with van der Waals surface area (Å²) in [6, 6.07) is 4.80. The molecule has 1 aliphatic rings. The number of ether oxygens (including phenoxy) is 2. The number of esters is 1. The van der Waals surface area contributed by atoms with E-state index in [1.165, 1.54) is 0 Å². The number of hydrogen-bond acceptors (Lipinski definition) is 4. The number of carbonyl (C=O) groups excluding carboxylic acids is 1. The summed E-state index contributed by atoms with van der Waals surface area (Å²) in [6.45, 7) is 0. The number of hydrogen-bond donors (Lipinski definition) is 1. The van der Waals surface area contributed by atoms with Gasteiger partial charge in [-0.3, -0.25) is 0 Å². The van der Waals surface area contributed by atoms with Crippen molar-refractivity contribution in [1.29, 1.82) is 0 Å². The van der Waals surface area contributed by atoms with Crippen LogP contribution in [0.3, 0.4) is 0 Å². The Labute approximate surface area is 117 Å². The van der Waals surface area contributed by atoms with Crippen LogP contribution in [0, 0.1) is 0 Å². The molecule has 0 radical (unpaired) electrons. The molecular formula is C14H18ClNO3. The zero-order chi connectivity index (χ0) is 13.8. The zero-order valence-electron chi connectivity index (χ0n) is 10.9. The van der Waals surface area contributed by atoms with E-state index >= 15 is 0 Å². The van der Waals surface area contributed by atoms with E-state index in [4.69, 9.17) is 26.8 Å². The maximum atomic E-state index is 12.1. The number of methoxy groups -OCH3 is 1. The Bertz CT molecular complexity index is 464. The second-order valence-corrected chi connectivity index (χ2v) is 5.20. The van der Waals surface area contributed by atoms with Gasteiger partial charge in [-0.1, -0.05) is 11.6 Å².